The lowest BCUT2D eigenvalue weighted by Crippen LogP contribution is -2.23. The number of rotatable bonds is 6. The van der Waals surface area contributed by atoms with E-state index in [0.717, 1.165) is 26.9 Å². The lowest BCUT2D eigenvalue weighted by atomic mass is 9.84. The number of nitrogens with one attached hydrogen (secondary N) is 1. The van der Waals surface area contributed by atoms with Crippen LogP contribution < -0.4 is 10.3 Å². The van der Waals surface area contributed by atoms with Crippen LogP contribution in [0.25, 0.3) is 10.2 Å². The number of benzene rings is 3. The number of thioether (sulfide) groups is 1. The summed E-state index contributed by atoms with van der Waals surface area (Å²) in [6.45, 7) is 4.40. The van der Waals surface area contributed by atoms with Crippen LogP contribution in [-0.4, -0.2) is 24.2 Å². The summed E-state index contributed by atoms with van der Waals surface area (Å²) >= 11 is 3.42. The summed E-state index contributed by atoms with van der Waals surface area (Å²) in [5.74, 6) is 0.575. The number of carbonyl (C=O) groups is 1. The summed E-state index contributed by atoms with van der Waals surface area (Å²) in [5, 5.41) is 4.15. The number of hydrogen-bond acceptors (Lipinski definition) is 6. The van der Waals surface area contributed by atoms with Crippen molar-refractivity contribution in [1.82, 2.24) is 10.4 Å². The van der Waals surface area contributed by atoms with Crippen molar-refractivity contribution >= 4 is 51.1 Å². The van der Waals surface area contributed by atoms with Crippen LogP contribution in [0.3, 0.4) is 0 Å². The van der Waals surface area contributed by atoms with Crippen molar-refractivity contribution in [2.75, 3.05) is 11.9 Å². The molecule has 0 aliphatic carbocycles. The minimum atomic E-state index is -0.229. The van der Waals surface area contributed by atoms with Crippen molar-refractivity contribution in [1.29, 1.82) is 0 Å². The molecule has 1 amide bonds. The van der Waals surface area contributed by atoms with Gasteiger partial charge < -0.3 is 4.90 Å². The van der Waals surface area contributed by atoms with E-state index in [1.54, 1.807) is 29.3 Å². The molecular formula is C28H26N4OS2. The molecule has 0 saturated heterocycles. The highest BCUT2D eigenvalue weighted by molar-refractivity contribution is 8.00. The molecule has 1 aliphatic heterocycles. The molecule has 7 heteroatoms. The Kier molecular flexibility index (Phi) is 6.45. The molecule has 2 heterocycles. The minimum absolute atomic E-state index is 0.124. The summed E-state index contributed by atoms with van der Waals surface area (Å²) in [4.78, 5) is 19.4. The molecule has 35 heavy (non-hydrogen) atoms. The number of nitrogens with zero attached hydrogens (tertiary/aromatic N) is 3. The first-order valence-corrected chi connectivity index (χ1v) is 13.2. The smallest absolute Gasteiger partial charge is 0.271 e. The summed E-state index contributed by atoms with van der Waals surface area (Å²) in [7, 11) is 2.06. The number of hydrazone groups is 1. The highest BCUT2D eigenvalue weighted by Gasteiger charge is 2.37. The number of anilines is 1. The van der Waals surface area contributed by atoms with Gasteiger partial charge in [-0.05, 0) is 47.5 Å². The molecule has 176 valence electrons. The Morgan fingerprint density at radius 2 is 1.83 bits per heavy atom. The summed E-state index contributed by atoms with van der Waals surface area (Å²) in [6, 6.07) is 24.2. The number of aromatic nitrogens is 1. The van der Waals surface area contributed by atoms with E-state index in [1.165, 1.54) is 16.0 Å². The predicted molar refractivity (Wildman–Crippen MR) is 148 cm³/mol. The monoisotopic (exact) mass is 498 g/mol. The third-order valence-electron chi connectivity index (χ3n) is 6.27. The summed E-state index contributed by atoms with van der Waals surface area (Å²) in [5.41, 5.74) is 8.88. The molecule has 0 atom stereocenters. The molecule has 5 rings (SSSR count). The van der Waals surface area contributed by atoms with E-state index in [1.807, 2.05) is 54.6 Å². The second-order valence-corrected chi connectivity index (χ2v) is 11.2. The second-order valence-electron chi connectivity index (χ2n) is 8.91. The fraction of sp³-hybridized carbons (Fsp3) is 0.179. The van der Waals surface area contributed by atoms with Crippen LogP contribution in [0.1, 0.15) is 35.3 Å². The SMILES string of the molecule is CN1C(=CC=NNC(=O)c2ccc(CSc3nc4ccccc4s3)cc2)C(C)(C)c2ccccc21. The zero-order chi connectivity index (χ0) is 24.4. The van der Waals surface area contributed by atoms with Crippen molar-refractivity contribution in [2.45, 2.75) is 29.4 Å². The van der Waals surface area contributed by atoms with Crippen molar-refractivity contribution in [3.8, 4) is 0 Å². The topological polar surface area (TPSA) is 57.6 Å². The van der Waals surface area contributed by atoms with Crippen LogP contribution >= 0.6 is 23.1 Å². The van der Waals surface area contributed by atoms with Crippen LogP contribution in [0.15, 0.2) is 94.0 Å². The van der Waals surface area contributed by atoms with Gasteiger partial charge in [0.05, 0.1) is 10.2 Å². The molecule has 1 aromatic heterocycles. The summed E-state index contributed by atoms with van der Waals surface area (Å²) in [6.07, 6.45) is 3.61. The van der Waals surface area contributed by atoms with Crippen LogP contribution in [-0.2, 0) is 11.2 Å². The highest BCUT2D eigenvalue weighted by atomic mass is 32.2. The number of amides is 1. The fourth-order valence-corrected chi connectivity index (χ4v) is 6.40. The predicted octanol–water partition coefficient (Wildman–Crippen LogP) is 6.62. The van der Waals surface area contributed by atoms with Gasteiger partial charge in [-0.25, -0.2) is 10.4 Å². The highest BCUT2D eigenvalue weighted by Crippen LogP contribution is 2.46. The first-order valence-electron chi connectivity index (χ1n) is 11.4. The maximum Gasteiger partial charge on any atom is 0.271 e. The van der Waals surface area contributed by atoms with Crippen molar-refractivity contribution < 1.29 is 4.79 Å². The molecule has 4 aromatic rings. The molecular weight excluding hydrogens is 472 g/mol. The van der Waals surface area contributed by atoms with E-state index < -0.39 is 0 Å². The largest absolute Gasteiger partial charge is 0.347 e. The van der Waals surface area contributed by atoms with E-state index >= 15 is 0 Å². The molecule has 3 aromatic carbocycles. The third-order valence-corrected chi connectivity index (χ3v) is 8.52. The fourth-order valence-electron chi connectivity index (χ4n) is 4.38. The van der Waals surface area contributed by atoms with Gasteiger partial charge >= 0.3 is 0 Å². The van der Waals surface area contributed by atoms with E-state index in [9.17, 15) is 4.79 Å². The Morgan fingerprint density at radius 1 is 1.09 bits per heavy atom. The van der Waals surface area contributed by atoms with Gasteiger partial charge in [0.15, 0.2) is 4.34 Å². The molecule has 0 spiro atoms. The molecule has 0 saturated carbocycles. The van der Waals surface area contributed by atoms with Gasteiger partial charge in [-0.15, -0.1) is 11.3 Å². The maximum atomic E-state index is 12.5. The maximum absolute atomic E-state index is 12.5. The van der Waals surface area contributed by atoms with Crippen molar-refractivity contribution in [3.63, 3.8) is 0 Å². The number of carbonyl (C=O) groups excluding carboxylic acids is 1. The quantitative estimate of drug-likeness (QED) is 0.184. The van der Waals surface area contributed by atoms with Gasteiger partial charge in [-0.3, -0.25) is 4.79 Å². The molecule has 1 aliphatic rings. The van der Waals surface area contributed by atoms with Crippen LogP contribution in [0.2, 0.25) is 0 Å². The normalized spacial score (nSPS) is 15.7. The number of para-hydroxylation sites is 2. The van der Waals surface area contributed by atoms with Gasteiger partial charge in [0.25, 0.3) is 5.91 Å². The Morgan fingerprint density at radius 3 is 2.60 bits per heavy atom. The first kappa shape index (κ1) is 23.3. The molecule has 0 bridgehead atoms. The Balaban J connectivity index is 1.17. The van der Waals surface area contributed by atoms with E-state index in [4.69, 9.17) is 0 Å². The second kappa shape index (κ2) is 9.68. The van der Waals surface area contributed by atoms with Crippen LogP contribution in [0.4, 0.5) is 5.69 Å². The van der Waals surface area contributed by atoms with Gasteiger partial charge in [0.2, 0.25) is 0 Å². The van der Waals surface area contributed by atoms with Crippen molar-refractivity contribution in [3.05, 3.63) is 101 Å². The third kappa shape index (κ3) is 4.74. The van der Waals surface area contributed by atoms with Crippen LogP contribution in [0.5, 0.6) is 0 Å². The lowest BCUT2D eigenvalue weighted by Gasteiger charge is -2.23. The Bertz CT molecular complexity index is 1400. The Labute approximate surface area is 213 Å². The number of thiazole rings is 1. The number of allylic oxidation sites excluding steroid dienone is 2. The van der Waals surface area contributed by atoms with Crippen LogP contribution in [0, 0.1) is 0 Å². The number of fused-ring (bicyclic) bond motifs is 2. The molecule has 0 unspecified atom stereocenters. The first-order chi connectivity index (χ1) is 16.9. The van der Waals surface area contributed by atoms with Gasteiger partial charge in [-0.2, -0.15) is 5.10 Å². The van der Waals surface area contributed by atoms with Crippen molar-refractivity contribution in [2.24, 2.45) is 5.10 Å². The lowest BCUT2D eigenvalue weighted by molar-refractivity contribution is 0.0955. The molecule has 0 fully saturated rings. The Hall–Kier alpha value is -3.42. The van der Waals surface area contributed by atoms with Gasteiger partial charge in [0.1, 0.15) is 0 Å². The zero-order valence-electron chi connectivity index (χ0n) is 19.9. The van der Waals surface area contributed by atoms with E-state index in [0.29, 0.717) is 5.56 Å². The molecule has 0 radical (unpaired) electrons. The molecule has 1 N–H and O–H groups in total. The standard InChI is InChI=1S/C28H26N4OS2/c1-28(2)21-8-4-6-10-23(21)32(3)25(28)16-17-29-31-26(33)20-14-12-19(13-15-20)18-34-27-30-22-9-5-7-11-24(22)35-27/h4-17H,18H2,1-3H3,(H,31,33). The van der Waals surface area contributed by atoms with E-state index in [-0.39, 0.29) is 11.3 Å². The average molecular weight is 499 g/mol. The summed E-state index contributed by atoms with van der Waals surface area (Å²) < 4.78 is 2.25. The van der Waals surface area contributed by atoms with E-state index in [2.05, 4.69) is 65.6 Å². The minimum Gasteiger partial charge on any atom is -0.347 e. The van der Waals surface area contributed by atoms with Gasteiger partial charge in [-0.1, -0.05) is 68.1 Å². The average Bonchev–Trinajstić information content (AvgIpc) is 3.37. The zero-order valence-corrected chi connectivity index (χ0v) is 21.5. The van der Waals surface area contributed by atoms with Gasteiger partial charge in [0, 0.05) is 41.4 Å². The molecule has 5 nitrogen and oxygen atoms in total. The number of likely N-dealkylation sites (N-methyl/N-ethyl adjacent to an activating group) is 1. The number of hydrogen-bond donors (Lipinski definition) is 1.